The van der Waals surface area contributed by atoms with Gasteiger partial charge in [-0.05, 0) is 36.5 Å². The van der Waals surface area contributed by atoms with E-state index in [0.29, 0.717) is 5.92 Å². The summed E-state index contributed by atoms with van der Waals surface area (Å²) in [7, 11) is 1.63. The molecule has 0 radical (unpaired) electrons. The lowest BCUT2D eigenvalue weighted by Gasteiger charge is -1.98. The van der Waals surface area contributed by atoms with Gasteiger partial charge < -0.3 is 0 Å². The smallest absolute Gasteiger partial charge is 0.207 e. The van der Waals surface area contributed by atoms with Crippen LogP contribution in [-0.4, -0.2) is 8.42 Å². The van der Waals surface area contributed by atoms with Gasteiger partial charge in [-0.25, -0.2) is 8.42 Å². The molecule has 0 unspecified atom stereocenters. The van der Waals surface area contributed by atoms with E-state index < -0.39 is 9.05 Å². The highest BCUT2D eigenvalue weighted by molar-refractivity contribution is 8.13. The van der Waals surface area contributed by atoms with Gasteiger partial charge >= 0.3 is 0 Å². The first-order valence-electron chi connectivity index (χ1n) is 4.12. The largest absolute Gasteiger partial charge is 0.261 e. The van der Waals surface area contributed by atoms with E-state index in [0.717, 1.165) is 0 Å². The van der Waals surface area contributed by atoms with Crippen LogP contribution >= 0.6 is 10.7 Å². The third kappa shape index (κ3) is 2.03. The summed E-state index contributed by atoms with van der Waals surface area (Å²) in [6.07, 6.45) is 2.43. The average Bonchev–Trinajstić information content (AvgIpc) is 2.85. The second-order valence-corrected chi connectivity index (χ2v) is 5.85. The summed E-state index contributed by atoms with van der Waals surface area (Å²) >= 11 is 0. The van der Waals surface area contributed by atoms with E-state index in [-0.39, 0.29) is 4.90 Å². The summed E-state index contributed by atoms with van der Waals surface area (Å²) in [6, 6.07) is 6.81. The maximum absolute atomic E-state index is 10.9. The molecule has 0 spiro atoms. The van der Waals surface area contributed by atoms with Crippen LogP contribution in [0.5, 0.6) is 0 Å². The number of rotatable bonds is 2. The molecule has 1 saturated carbocycles. The van der Waals surface area contributed by atoms with Crippen molar-refractivity contribution in [3.63, 3.8) is 0 Å². The van der Waals surface area contributed by atoms with Gasteiger partial charge in [0.15, 0.2) is 0 Å². The Labute approximate surface area is 82.0 Å². The molecule has 1 fully saturated rings. The fourth-order valence-electron chi connectivity index (χ4n) is 1.32. The fourth-order valence-corrected chi connectivity index (χ4v) is 2.09. The van der Waals surface area contributed by atoms with E-state index in [1.807, 2.05) is 12.1 Å². The van der Waals surface area contributed by atoms with Crippen LogP contribution in [-0.2, 0) is 9.05 Å². The predicted octanol–water partition coefficient (Wildman–Crippen LogP) is 2.49. The van der Waals surface area contributed by atoms with Crippen molar-refractivity contribution in [2.24, 2.45) is 0 Å². The van der Waals surface area contributed by atoms with Crippen molar-refractivity contribution in [3.8, 4) is 0 Å². The van der Waals surface area contributed by atoms with Crippen molar-refractivity contribution in [2.75, 3.05) is 0 Å². The number of hydrogen-bond acceptors (Lipinski definition) is 2. The molecule has 13 heavy (non-hydrogen) atoms. The van der Waals surface area contributed by atoms with Crippen molar-refractivity contribution in [1.82, 2.24) is 0 Å². The maximum atomic E-state index is 10.9. The highest BCUT2D eigenvalue weighted by Gasteiger charge is 2.23. The number of hydrogen-bond donors (Lipinski definition) is 0. The minimum Gasteiger partial charge on any atom is -0.207 e. The minimum absolute atomic E-state index is 0.179. The Morgan fingerprint density at radius 1 is 1.15 bits per heavy atom. The predicted molar refractivity (Wildman–Crippen MR) is 51.5 cm³/mol. The highest BCUT2D eigenvalue weighted by Crippen LogP contribution is 2.40. The van der Waals surface area contributed by atoms with E-state index in [1.165, 1.54) is 18.4 Å². The van der Waals surface area contributed by atoms with Crippen LogP contribution in [0.25, 0.3) is 0 Å². The van der Waals surface area contributed by atoms with Crippen LogP contribution in [0.15, 0.2) is 29.2 Å². The van der Waals surface area contributed by atoms with Gasteiger partial charge in [0.25, 0.3) is 9.05 Å². The van der Waals surface area contributed by atoms with E-state index in [1.54, 1.807) is 12.1 Å². The molecule has 0 saturated heterocycles. The summed E-state index contributed by atoms with van der Waals surface area (Å²) in [6.45, 7) is 0. The molecule has 1 aliphatic rings. The molecule has 2 nitrogen and oxygen atoms in total. The topological polar surface area (TPSA) is 34.1 Å². The van der Waals surface area contributed by atoms with Gasteiger partial charge in [-0.15, -0.1) is 0 Å². The normalized spacial score (nSPS) is 17.3. The first-order chi connectivity index (χ1) is 6.07. The lowest BCUT2D eigenvalue weighted by molar-refractivity contribution is 0.609. The van der Waals surface area contributed by atoms with Gasteiger partial charge in [0, 0.05) is 10.7 Å². The van der Waals surface area contributed by atoms with Crippen molar-refractivity contribution in [2.45, 2.75) is 23.7 Å². The summed E-state index contributed by atoms with van der Waals surface area (Å²) in [4.78, 5) is 0.179. The number of benzene rings is 1. The van der Waals surface area contributed by atoms with Crippen molar-refractivity contribution < 1.29 is 8.42 Å². The van der Waals surface area contributed by atoms with Crippen molar-refractivity contribution >= 4 is 19.7 Å². The van der Waals surface area contributed by atoms with Crippen LogP contribution in [0.3, 0.4) is 0 Å². The second kappa shape index (κ2) is 3.00. The summed E-state index contributed by atoms with van der Waals surface area (Å²) in [5.74, 6) is 0.645. The lowest BCUT2D eigenvalue weighted by atomic mass is 10.1. The van der Waals surface area contributed by atoms with E-state index in [9.17, 15) is 8.42 Å². The average molecular weight is 217 g/mol. The molecule has 1 aromatic carbocycles. The molecule has 0 amide bonds. The van der Waals surface area contributed by atoms with Crippen LogP contribution in [0.4, 0.5) is 0 Å². The summed E-state index contributed by atoms with van der Waals surface area (Å²) < 4.78 is 21.8. The molecule has 1 aromatic rings. The van der Waals surface area contributed by atoms with Gasteiger partial charge in [0.05, 0.1) is 4.90 Å². The van der Waals surface area contributed by atoms with Crippen LogP contribution in [0, 0.1) is 0 Å². The zero-order valence-corrected chi connectivity index (χ0v) is 8.48. The third-order valence-corrected chi connectivity index (χ3v) is 3.58. The summed E-state index contributed by atoms with van der Waals surface area (Å²) in [5.41, 5.74) is 1.21. The van der Waals surface area contributed by atoms with Gasteiger partial charge in [-0.1, -0.05) is 12.1 Å². The lowest BCUT2D eigenvalue weighted by Crippen LogP contribution is -1.90. The van der Waals surface area contributed by atoms with Crippen LogP contribution in [0.2, 0.25) is 0 Å². The molecule has 0 N–H and O–H groups in total. The Bertz CT molecular complexity index is 404. The van der Waals surface area contributed by atoms with Crippen molar-refractivity contribution in [3.05, 3.63) is 29.8 Å². The Morgan fingerprint density at radius 2 is 1.69 bits per heavy atom. The SMILES string of the molecule is O=S(=O)(Cl)c1ccc(C2CC2)cc1. The molecule has 0 aromatic heterocycles. The molecule has 0 atom stereocenters. The van der Waals surface area contributed by atoms with Crippen LogP contribution in [0.1, 0.15) is 24.3 Å². The second-order valence-electron chi connectivity index (χ2n) is 3.28. The van der Waals surface area contributed by atoms with Gasteiger partial charge in [0.2, 0.25) is 0 Å². The third-order valence-electron chi connectivity index (χ3n) is 2.21. The first-order valence-corrected chi connectivity index (χ1v) is 6.43. The molecule has 2 rings (SSSR count). The molecule has 0 heterocycles. The molecule has 0 bridgehead atoms. The quantitative estimate of drug-likeness (QED) is 0.712. The standard InChI is InChI=1S/C9H9ClO2S/c10-13(11,12)9-5-3-8(4-6-9)7-1-2-7/h3-7H,1-2H2. The van der Waals surface area contributed by atoms with Gasteiger partial charge in [-0.2, -0.15) is 0 Å². The number of halogens is 1. The monoisotopic (exact) mass is 216 g/mol. The zero-order valence-electron chi connectivity index (χ0n) is 6.90. The fraction of sp³-hybridized carbons (Fsp3) is 0.333. The summed E-state index contributed by atoms with van der Waals surface area (Å²) in [5, 5.41) is 0. The Hall–Kier alpha value is -0.540. The molecule has 70 valence electrons. The Kier molecular flexibility index (Phi) is 2.08. The van der Waals surface area contributed by atoms with Gasteiger partial charge in [0.1, 0.15) is 0 Å². The molecular formula is C9H9ClO2S. The Morgan fingerprint density at radius 3 is 2.08 bits per heavy atom. The van der Waals surface area contributed by atoms with Crippen molar-refractivity contribution in [1.29, 1.82) is 0 Å². The molecule has 0 aliphatic heterocycles. The van der Waals surface area contributed by atoms with E-state index >= 15 is 0 Å². The van der Waals surface area contributed by atoms with Gasteiger partial charge in [-0.3, -0.25) is 0 Å². The van der Waals surface area contributed by atoms with E-state index in [4.69, 9.17) is 10.7 Å². The maximum Gasteiger partial charge on any atom is 0.261 e. The van der Waals surface area contributed by atoms with Crippen LogP contribution < -0.4 is 0 Å². The molecule has 1 aliphatic carbocycles. The Balaban J connectivity index is 2.33. The minimum atomic E-state index is -3.55. The highest BCUT2D eigenvalue weighted by atomic mass is 35.7. The first kappa shape index (κ1) is 9.03. The van der Waals surface area contributed by atoms with E-state index in [2.05, 4.69) is 0 Å². The molecular weight excluding hydrogens is 208 g/mol. The molecule has 4 heteroatoms. The zero-order chi connectivity index (χ0) is 9.47.